The van der Waals surface area contributed by atoms with E-state index in [1.165, 1.54) is 0 Å². The van der Waals surface area contributed by atoms with Gasteiger partial charge in [0.25, 0.3) is 0 Å². The molecule has 0 fully saturated rings. The second-order valence-electron chi connectivity index (χ2n) is 3.96. The summed E-state index contributed by atoms with van der Waals surface area (Å²) >= 11 is 12.1. The van der Waals surface area contributed by atoms with Crippen molar-refractivity contribution >= 4 is 23.2 Å². The molecule has 0 aliphatic rings. The van der Waals surface area contributed by atoms with Crippen molar-refractivity contribution in [2.24, 2.45) is 7.05 Å². The lowest BCUT2D eigenvalue weighted by Gasteiger charge is -2.17. The van der Waals surface area contributed by atoms with Crippen molar-refractivity contribution in [1.29, 1.82) is 0 Å². The van der Waals surface area contributed by atoms with E-state index in [-0.39, 0.29) is 6.04 Å². The van der Waals surface area contributed by atoms with Crippen LogP contribution in [0.5, 0.6) is 0 Å². The Labute approximate surface area is 116 Å². The van der Waals surface area contributed by atoms with E-state index in [0.29, 0.717) is 10.0 Å². The van der Waals surface area contributed by atoms with Crippen LogP contribution in [0.3, 0.4) is 0 Å². The van der Waals surface area contributed by atoms with E-state index in [4.69, 9.17) is 23.2 Å². The highest BCUT2D eigenvalue weighted by molar-refractivity contribution is 6.34. The zero-order valence-electron chi connectivity index (χ0n) is 10.2. The first-order valence-electron chi connectivity index (χ1n) is 5.64. The fraction of sp³-hybridized carbons (Fsp3) is 0.333. The lowest BCUT2D eigenvalue weighted by molar-refractivity contribution is 0.615. The minimum atomic E-state index is -0.0755. The normalized spacial score (nSPS) is 12.7. The van der Waals surface area contributed by atoms with E-state index in [2.05, 4.69) is 15.4 Å². The highest BCUT2D eigenvalue weighted by atomic mass is 35.5. The third-order valence-electron chi connectivity index (χ3n) is 2.58. The molecule has 4 nitrogen and oxygen atoms in total. The van der Waals surface area contributed by atoms with Crippen molar-refractivity contribution in [2.45, 2.75) is 13.0 Å². The average molecular weight is 285 g/mol. The Balaban J connectivity index is 2.41. The van der Waals surface area contributed by atoms with Gasteiger partial charge in [0.15, 0.2) is 0 Å². The van der Waals surface area contributed by atoms with E-state index in [1.807, 2.05) is 20.2 Å². The molecule has 0 aromatic carbocycles. The molecule has 0 amide bonds. The van der Waals surface area contributed by atoms with E-state index in [9.17, 15) is 0 Å². The Hall–Kier alpha value is -1.10. The van der Waals surface area contributed by atoms with Crippen LogP contribution in [0.2, 0.25) is 10.0 Å². The molecule has 6 heteroatoms. The maximum Gasteiger partial charge on any atom is 0.0806 e. The molecule has 1 unspecified atom stereocenters. The molecule has 0 radical (unpaired) electrons. The topological polar surface area (TPSA) is 42.7 Å². The summed E-state index contributed by atoms with van der Waals surface area (Å²) in [6, 6.07) is 1.63. The summed E-state index contributed by atoms with van der Waals surface area (Å²) in [6.07, 6.45) is 5.35. The summed E-state index contributed by atoms with van der Waals surface area (Å²) in [5.74, 6) is 0. The summed E-state index contributed by atoms with van der Waals surface area (Å²) in [7, 11) is 1.88. The number of rotatable bonds is 4. The molecule has 0 aliphatic heterocycles. The second kappa shape index (κ2) is 5.69. The minimum Gasteiger partial charge on any atom is -0.305 e. The van der Waals surface area contributed by atoms with Crippen molar-refractivity contribution in [3.63, 3.8) is 0 Å². The smallest absolute Gasteiger partial charge is 0.0806 e. The molecule has 2 heterocycles. The van der Waals surface area contributed by atoms with Gasteiger partial charge in [-0.2, -0.15) is 5.10 Å². The van der Waals surface area contributed by atoms with Gasteiger partial charge in [0.2, 0.25) is 0 Å². The molecule has 0 spiro atoms. The Kier molecular flexibility index (Phi) is 4.22. The van der Waals surface area contributed by atoms with Gasteiger partial charge < -0.3 is 5.32 Å². The summed E-state index contributed by atoms with van der Waals surface area (Å²) in [6.45, 7) is 2.84. The van der Waals surface area contributed by atoms with Gasteiger partial charge in [-0.3, -0.25) is 9.67 Å². The highest BCUT2D eigenvalue weighted by Crippen LogP contribution is 2.28. The van der Waals surface area contributed by atoms with Crippen molar-refractivity contribution in [3.05, 3.63) is 46.0 Å². The zero-order chi connectivity index (χ0) is 13.1. The highest BCUT2D eigenvalue weighted by Gasteiger charge is 2.19. The van der Waals surface area contributed by atoms with E-state index >= 15 is 0 Å². The van der Waals surface area contributed by atoms with Gasteiger partial charge in [0, 0.05) is 25.0 Å². The monoisotopic (exact) mass is 284 g/mol. The minimum absolute atomic E-state index is 0.0755. The molecular formula is C12H14Cl2N4. The predicted octanol–water partition coefficient (Wildman–Crippen LogP) is 2.82. The summed E-state index contributed by atoms with van der Waals surface area (Å²) < 4.78 is 1.75. The Morgan fingerprint density at radius 2 is 2.17 bits per heavy atom. The molecule has 0 bridgehead atoms. The summed E-state index contributed by atoms with van der Waals surface area (Å²) in [4.78, 5) is 4.32. The van der Waals surface area contributed by atoms with Crippen molar-refractivity contribution in [1.82, 2.24) is 20.1 Å². The van der Waals surface area contributed by atoms with Crippen LogP contribution >= 0.6 is 23.2 Å². The zero-order valence-corrected chi connectivity index (χ0v) is 11.7. The van der Waals surface area contributed by atoms with Crippen LogP contribution < -0.4 is 5.32 Å². The van der Waals surface area contributed by atoms with Gasteiger partial charge in [-0.1, -0.05) is 30.1 Å². The molecule has 2 aromatic rings. The van der Waals surface area contributed by atoms with Crippen LogP contribution in [0.4, 0.5) is 0 Å². The lowest BCUT2D eigenvalue weighted by atomic mass is 10.1. The second-order valence-corrected chi connectivity index (χ2v) is 4.80. The molecule has 0 saturated carbocycles. The van der Waals surface area contributed by atoms with Gasteiger partial charge in [-0.15, -0.1) is 0 Å². The van der Waals surface area contributed by atoms with Gasteiger partial charge in [-0.05, 0) is 12.6 Å². The fourth-order valence-electron chi connectivity index (χ4n) is 1.80. The fourth-order valence-corrected chi connectivity index (χ4v) is 2.29. The number of hydrogen-bond acceptors (Lipinski definition) is 3. The number of halogens is 2. The van der Waals surface area contributed by atoms with Gasteiger partial charge >= 0.3 is 0 Å². The standard InChI is InChI=1S/C12H14Cl2N4/c1-3-15-11(8-5-17-18(2)7-8)12-10(14)4-9(13)6-16-12/h4-7,11,15H,3H2,1-2H3. The molecule has 18 heavy (non-hydrogen) atoms. The van der Waals surface area contributed by atoms with Crippen LogP contribution in [-0.2, 0) is 7.05 Å². The van der Waals surface area contributed by atoms with E-state index < -0.39 is 0 Å². The Bertz CT molecular complexity index is 539. The molecule has 0 aliphatic carbocycles. The van der Waals surface area contributed by atoms with Crippen molar-refractivity contribution in [2.75, 3.05) is 6.54 Å². The van der Waals surface area contributed by atoms with Crippen molar-refractivity contribution in [3.8, 4) is 0 Å². The molecule has 96 valence electrons. The molecule has 2 rings (SSSR count). The third-order valence-corrected chi connectivity index (χ3v) is 3.09. The number of aromatic nitrogens is 3. The number of nitrogens with one attached hydrogen (secondary N) is 1. The van der Waals surface area contributed by atoms with Crippen LogP contribution in [-0.4, -0.2) is 21.3 Å². The van der Waals surface area contributed by atoms with Crippen LogP contribution in [0.15, 0.2) is 24.7 Å². The number of pyridine rings is 1. The Morgan fingerprint density at radius 3 is 2.72 bits per heavy atom. The maximum atomic E-state index is 6.20. The van der Waals surface area contributed by atoms with Gasteiger partial charge in [-0.25, -0.2) is 0 Å². The maximum absolute atomic E-state index is 6.20. The van der Waals surface area contributed by atoms with Crippen LogP contribution in [0.1, 0.15) is 24.2 Å². The molecule has 2 aromatic heterocycles. The first-order chi connectivity index (χ1) is 8.61. The van der Waals surface area contributed by atoms with Gasteiger partial charge in [0.1, 0.15) is 0 Å². The number of aryl methyl sites for hydroxylation is 1. The van der Waals surface area contributed by atoms with Crippen LogP contribution in [0, 0.1) is 0 Å². The lowest BCUT2D eigenvalue weighted by Crippen LogP contribution is -2.23. The molecular weight excluding hydrogens is 271 g/mol. The predicted molar refractivity (Wildman–Crippen MR) is 73.0 cm³/mol. The molecule has 1 atom stereocenters. The number of nitrogens with zero attached hydrogens (tertiary/aromatic N) is 3. The summed E-state index contributed by atoms with van der Waals surface area (Å²) in [5.41, 5.74) is 1.78. The average Bonchev–Trinajstić information content (AvgIpc) is 2.73. The summed E-state index contributed by atoms with van der Waals surface area (Å²) in [5, 5.41) is 8.60. The van der Waals surface area contributed by atoms with Crippen LogP contribution in [0.25, 0.3) is 0 Å². The van der Waals surface area contributed by atoms with Gasteiger partial charge in [0.05, 0.1) is 28.0 Å². The molecule has 0 saturated heterocycles. The van der Waals surface area contributed by atoms with Crippen molar-refractivity contribution < 1.29 is 0 Å². The largest absolute Gasteiger partial charge is 0.305 e. The first kappa shape index (κ1) is 13.3. The van der Waals surface area contributed by atoms with E-state index in [1.54, 1.807) is 23.1 Å². The quantitative estimate of drug-likeness (QED) is 0.939. The Morgan fingerprint density at radius 1 is 1.39 bits per heavy atom. The number of hydrogen-bond donors (Lipinski definition) is 1. The SMILES string of the molecule is CCNC(c1cnn(C)c1)c1ncc(Cl)cc1Cl. The third kappa shape index (κ3) is 2.83. The first-order valence-corrected chi connectivity index (χ1v) is 6.40. The van der Waals surface area contributed by atoms with E-state index in [0.717, 1.165) is 17.8 Å². The molecule has 1 N–H and O–H groups in total.